The highest BCUT2D eigenvalue weighted by Crippen LogP contribution is 2.46. The minimum absolute atomic E-state index is 0.403. The van der Waals surface area contributed by atoms with Gasteiger partial charge in [0, 0.05) is 34.8 Å². The average molecular weight is 338 g/mol. The van der Waals surface area contributed by atoms with Crippen LogP contribution in [0.3, 0.4) is 0 Å². The zero-order chi connectivity index (χ0) is 16.1. The number of hydrogen-bond acceptors (Lipinski definition) is 6. The number of anilines is 1. The Morgan fingerprint density at radius 1 is 1.38 bits per heavy atom. The van der Waals surface area contributed by atoms with E-state index in [2.05, 4.69) is 20.3 Å². The molecular weight excluding hydrogens is 323 g/mol. The van der Waals surface area contributed by atoms with Crippen LogP contribution in [0, 0.1) is 5.92 Å². The second-order valence-electron chi connectivity index (χ2n) is 6.21. The molecule has 0 bridgehead atoms. The second-order valence-corrected chi connectivity index (χ2v) is 7.11. The molecule has 6 nitrogen and oxygen atoms in total. The first-order valence-corrected chi connectivity index (χ1v) is 8.85. The molecular formula is C16H15BN4O2S. The summed E-state index contributed by atoms with van der Waals surface area (Å²) in [4.78, 5) is 11.8. The molecule has 3 aromatic rings. The number of thiazole rings is 1. The highest BCUT2D eigenvalue weighted by atomic mass is 32.1. The summed E-state index contributed by atoms with van der Waals surface area (Å²) in [5.74, 6) is 2.89. The van der Waals surface area contributed by atoms with Gasteiger partial charge >= 0.3 is 7.12 Å². The van der Waals surface area contributed by atoms with Gasteiger partial charge in [-0.2, -0.15) is 0 Å². The molecule has 1 saturated carbocycles. The molecule has 24 heavy (non-hydrogen) atoms. The lowest BCUT2D eigenvalue weighted by Gasteiger charge is -2.39. The average Bonchev–Trinajstić information content (AvgIpc) is 3.20. The fraction of sp³-hybridized carbons (Fsp3) is 0.250. The highest BCUT2D eigenvalue weighted by molar-refractivity contribution is 7.13. The summed E-state index contributed by atoms with van der Waals surface area (Å²) in [7, 11) is -0.906. The van der Waals surface area contributed by atoms with Gasteiger partial charge in [-0.15, -0.1) is 11.3 Å². The zero-order valence-corrected chi connectivity index (χ0v) is 13.6. The van der Waals surface area contributed by atoms with Crippen molar-refractivity contribution in [3.63, 3.8) is 0 Å². The molecule has 1 fully saturated rings. The molecule has 0 aromatic carbocycles. The summed E-state index contributed by atoms with van der Waals surface area (Å²) < 4.78 is 5.55. The van der Waals surface area contributed by atoms with Gasteiger partial charge in [0.25, 0.3) is 0 Å². The largest absolute Gasteiger partial charge is 0.552 e. The Balaban J connectivity index is 1.43. The van der Waals surface area contributed by atoms with Gasteiger partial charge in [-0.3, -0.25) is 0 Å². The summed E-state index contributed by atoms with van der Waals surface area (Å²) in [6, 6.07) is 2.44. The molecule has 0 amide bonds. The Hall–Kier alpha value is -2.32. The van der Waals surface area contributed by atoms with Gasteiger partial charge < -0.3 is 20.0 Å². The molecule has 5 rings (SSSR count). The monoisotopic (exact) mass is 338 g/mol. The van der Waals surface area contributed by atoms with Crippen LogP contribution in [0.4, 0.5) is 5.13 Å². The number of nitrogens with zero attached hydrogens (tertiary/aromatic N) is 2. The van der Waals surface area contributed by atoms with E-state index < -0.39 is 7.12 Å². The number of rotatable bonds is 3. The van der Waals surface area contributed by atoms with Gasteiger partial charge in [0.15, 0.2) is 5.13 Å². The zero-order valence-electron chi connectivity index (χ0n) is 12.8. The normalized spacial score (nSPS) is 22.5. The van der Waals surface area contributed by atoms with Gasteiger partial charge in [0.05, 0.1) is 6.20 Å². The van der Waals surface area contributed by atoms with Gasteiger partial charge in [-0.05, 0) is 36.4 Å². The maximum absolute atomic E-state index is 10.0. The SMILES string of the molecule is OB1C=C(C2CC(Nc3nccs3)C2)c2c(cnc3[nH]ccc23)O1. The van der Waals surface area contributed by atoms with E-state index in [1.165, 1.54) is 0 Å². The highest BCUT2D eigenvalue weighted by Gasteiger charge is 2.37. The van der Waals surface area contributed by atoms with E-state index in [1.807, 2.05) is 29.8 Å². The minimum Gasteiger partial charge on any atom is -0.531 e. The number of aromatic amines is 1. The maximum atomic E-state index is 10.0. The van der Waals surface area contributed by atoms with E-state index in [4.69, 9.17) is 4.65 Å². The van der Waals surface area contributed by atoms with Gasteiger partial charge in [-0.1, -0.05) is 0 Å². The van der Waals surface area contributed by atoms with Crippen LogP contribution in [0.25, 0.3) is 16.6 Å². The predicted molar refractivity (Wildman–Crippen MR) is 94.9 cm³/mol. The van der Waals surface area contributed by atoms with Crippen molar-refractivity contribution in [2.75, 3.05) is 5.32 Å². The third-order valence-corrected chi connectivity index (χ3v) is 5.45. The topological polar surface area (TPSA) is 83.1 Å². The van der Waals surface area contributed by atoms with Crippen LogP contribution in [0.2, 0.25) is 0 Å². The Labute approximate surface area is 142 Å². The molecule has 0 atom stereocenters. The van der Waals surface area contributed by atoms with Crippen molar-refractivity contribution in [1.82, 2.24) is 15.0 Å². The first-order chi connectivity index (χ1) is 11.8. The molecule has 0 radical (unpaired) electrons. The third kappa shape index (κ3) is 2.22. The van der Waals surface area contributed by atoms with Crippen LogP contribution in [0.1, 0.15) is 18.4 Å². The van der Waals surface area contributed by atoms with Crippen LogP contribution >= 0.6 is 11.3 Å². The number of H-pyrrole nitrogens is 1. The lowest BCUT2D eigenvalue weighted by molar-refractivity contribution is 0.352. The molecule has 4 heterocycles. The van der Waals surface area contributed by atoms with E-state index in [0.717, 1.165) is 40.1 Å². The molecule has 0 spiro atoms. The van der Waals surface area contributed by atoms with Crippen molar-refractivity contribution in [2.24, 2.45) is 5.92 Å². The number of allylic oxidation sites excluding steroid dienone is 1. The Morgan fingerprint density at radius 3 is 3.12 bits per heavy atom. The Kier molecular flexibility index (Phi) is 3.14. The van der Waals surface area contributed by atoms with Crippen molar-refractivity contribution in [3.05, 3.63) is 41.6 Å². The summed E-state index contributed by atoms with van der Waals surface area (Å²) in [6.45, 7) is 0. The van der Waals surface area contributed by atoms with E-state index in [-0.39, 0.29) is 0 Å². The molecule has 1 aliphatic heterocycles. The van der Waals surface area contributed by atoms with Crippen molar-refractivity contribution >= 4 is 40.2 Å². The molecule has 120 valence electrons. The lowest BCUT2D eigenvalue weighted by atomic mass is 9.68. The van der Waals surface area contributed by atoms with Crippen molar-refractivity contribution in [2.45, 2.75) is 18.9 Å². The quantitative estimate of drug-likeness (QED) is 0.640. The van der Waals surface area contributed by atoms with Crippen molar-refractivity contribution in [3.8, 4) is 5.75 Å². The standard InChI is InChI=1S/C16H15BN4O2S/c22-17-7-12(9-5-10(6-9)21-16-19-3-4-24-16)14-11-1-2-18-15(11)20-8-13(14)23-17/h1-4,7-10,22H,5-6H2,(H,18,20)(H,19,21). The first-order valence-electron chi connectivity index (χ1n) is 7.97. The van der Waals surface area contributed by atoms with Crippen molar-refractivity contribution < 1.29 is 9.68 Å². The molecule has 2 aliphatic rings. The minimum atomic E-state index is -0.906. The number of fused-ring (bicyclic) bond motifs is 3. The number of nitrogens with one attached hydrogen (secondary N) is 2. The summed E-state index contributed by atoms with van der Waals surface area (Å²) in [5.41, 5.74) is 3.06. The lowest BCUT2D eigenvalue weighted by Crippen LogP contribution is -2.37. The predicted octanol–water partition coefficient (Wildman–Crippen LogP) is 2.71. The van der Waals surface area contributed by atoms with E-state index in [1.54, 1.807) is 17.5 Å². The first kappa shape index (κ1) is 14.1. The van der Waals surface area contributed by atoms with Crippen LogP contribution < -0.4 is 9.97 Å². The maximum Gasteiger partial charge on any atom is 0.552 e. The molecule has 0 saturated heterocycles. The third-order valence-electron chi connectivity index (χ3n) is 4.75. The van der Waals surface area contributed by atoms with E-state index in [9.17, 15) is 5.02 Å². The fourth-order valence-corrected chi connectivity index (χ4v) is 4.18. The van der Waals surface area contributed by atoms with Gasteiger partial charge in [0.2, 0.25) is 0 Å². The molecule has 8 heteroatoms. The van der Waals surface area contributed by atoms with Crippen molar-refractivity contribution in [1.29, 1.82) is 0 Å². The summed E-state index contributed by atoms with van der Waals surface area (Å²) >= 11 is 1.62. The number of pyridine rings is 1. The number of hydrogen-bond donors (Lipinski definition) is 3. The number of aromatic nitrogens is 3. The summed E-state index contributed by atoms with van der Waals surface area (Å²) in [5, 5.41) is 17.5. The molecule has 1 aliphatic carbocycles. The van der Waals surface area contributed by atoms with Gasteiger partial charge in [-0.25, -0.2) is 9.97 Å². The second kappa shape index (κ2) is 5.36. The van der Waals surface area contributed by atoms with E-state index in [0.29, 0.717) is 17.7 Å². The Bertz CT molecular complexity index is 917. The molecule has 3 N–H and O–H groups in total. The van der Waals surface area contributed by atoms with Crippen LogP contribution in [0.5, 0.6) is 5.75 Å². The molecule has 3 aromatic heterocycles. The van der Waals surface area contributed by atoms with Crippen LogP contribution in [0.15, 0.2) is 36.0 Å². The van der Waals surface area contributed by atoms with E-state index >= 15 is 0 Å². The smallest absolute Gasteiger partial charge is 0.531 e. The molecule has 0 unspecified atom stereocenters. The van der Waals surface area contributed by atoms with Crippen LogP contribution in [-0.2, 0) is 0 Å². The van der Waals surface area contributed by atoms with Gasteiger partial charge in [0.1, 0.15) is 11.4 Å². The summed E-state index contributed by atoms with van der Waals surface area (Å²) in [6.07, 6.45) is 7.42. The fourth-order valence-electron chi connectivity index (χ4n) is 3.58. The van der Waals surface area contributed by atoms with Crippen LogP contribution in [-0.4, -0.2) is 33.1 Å². The Morgan fingerprint density at radius 2 is 2.29 bits per heavy atom.